The fourth-order valence-electron chi connectivity index (χ4n) is 1.33. The number of hydrogen-bond donors (Lipinski definition) is 0. The van der Waals surface area contributed by atoms with Crippen LogP contribution in [0.25, 0.3) is 11.0 Å². The predicted octanol–water partition coefficient (Wildman–Crippen LogP) is 1.85. The van der Waals surface area contributed by atoms with Crippen molar-refractivity contribution in [1.29, 1.82) is 0 Å². The summed E-state index contributed by atoms with van der Waals surface area (Å²) in [5.41, 5.74) is 1.18. The third-order valence-corrected chi connectivity index (χ3v) is 2.08. The smallest absolute Gasteiger partial charge is 0.258 e. The van der Waals surface area contributed by atoms with E-state index in [2.05, 4.69) is 9.97 Å². The summed E-state index contributed by atoms with van der Waals surface area (Å²) in [7, 11) is 0. The fourth-order valence-corrected chi connectivity index (χ4v) is 1.33. The van der Waals surface area contributed by atoms with Crippen molar-refractivity contribution < 1.29 is 4.92 Å². The van der Waals surface area contributed by atoms with Crippen LogP contribution < -0.4 is 0 Å². The standard InChI is InChI=1S/C9H7N3O2/c1-6-7-3-2-4-10-9(7)11-5-8(6)12(13)14/h2-5H,1H3. The van der Waals surface area contributed by atoms with Gasteiger partial charge in [-0.25, -0.2) is 9.97 Å². The highest BCUT2D eigenvalue weighted by Crippen LogP contribution is 2.23. The molecule has 2 aromatic rings. The highest BCUT2D eigenvalue weighted by Gasteiger charge is 2.13. The molecule has 2 aromatic heterocycles. The molecule has 2 rings (SSSR count). The van der Waals surface area contributed by atoms with Gasteiger partial charge in [-0.2, -0.15) is 0 Å². The van der Waals surface area contributed by atoms with E-state index >= 15 is 0 Å². The summed E-state index contributed by atoms with van der Waals surface area (Å²) in [6.07, 6.45) is 2.85. The lowest BCUT2D eigenvalue weighted by Crippen LogP contribution is -1.95. The molecule has 0 aliphatic carbocycles. The monoisotopic (exact) mass is 189 g/mol. The second kappa shape index (κ2) is 3.02. The van der Waals surface area contributed by atoms with E-state index in [9.17, 15) is 10.1 Å². The highest BCUT2D eigenvalue weighted by molar-refractivity contribution is 5.81. The quantitative estimate of drug-likeness (QED) is 0.507. The lowest BCUT2D eigenvalue weighted by molar-refractivity contribution is -0.385. The first-order chi connectivity index (χ1) is 6.70. The Kier molecular flexibility index (Phi) is 1.85. The van der Waals surface area contributed by atoms with Gasteiger partial charge in [0.05, 0.1) is 4.92 Å². The summed E-state index contributed by atoms with van der Waals surface area (Å²) >= 11 is 0. The van der Waals surface area contributed by atoms with Gasteiger partial charge in [-0.3, -0.25) is 10.1 Å². The van der Waals surface area contributed by atoms with Gasteiger partial charge in [-0.1, -0.05) is 0 Å². The molecule has 5 heteroatoms. The number of aromatic nitrogens is 2. The SMILES string of the molecule is Cc1c([N+](=O)[O-])cnc2ncccc12. The van der Waals surface area contributed by atoms with Gasteiger partial charge in [0.1, 0.15) is 6.20 Å². The molecule has 0 amide bonds. The molecule has 0 bridgehead atoms. The second-order valence-corrected chi connectivity index (χ2v) is 2.90. The van der Waals surface area contributed by atoms with E-state index in [4.69, 9.17) is 0 Å². The molecule has 0 radical (unpaired) electrons. The molecule has 0 saturated carbocycles. The van der Waals surface area contributed by atoms with Gasteiger partial charge < -0.3 is 0 Å². The summed E-state index contributed by atoms with van der Waals surface area (Å²) in [5.74, 6) is 0. The van der Waals surface area contributed by atoms with Crippen LogP contribution in [0.2, 0.25) is 0 Å². The maximum atomic E-state index is 10.6. The van der Waals surface area contributed by atoms with Gasteiger partial charge >= 0.3 is 0 Å². The third-order valence-electron chi connectivity index (χ3n) is 2.08. The van der Waals surface area contributed by atoms with E-state index in [1.165, 1.54) is 6.20 Å². The van der Waals surface area contributed by atoms with E-state index in [0.717, 1.165) is 5.39 Å². The van der Waals surface area contributed by atoms with Crippen LogP contribution in [0.3, 0.4) is 0 Å². The zero-order valence-electron chi connectivity index (χ0n) is 7.47. The Labute approximate surface area is 79.6 Å². The molecule has 5 nitrogen and oxygen atoms in total. The van der Waals surface area contributed by atoms with Crippen molar-refractivity contribution in [2.45, 2.75) is 6.92 Å². The number of rotatable bonds is 1. The summed E-state index contributed by atoms with van der Waals surface area (Å²) in [4.78, 5) is 18.1. The van der Waals surface area contributed by atoms with Crippen molar-refractivity contribution in [2.75, 3.05) is 0 Å². The van der Waals surface area contributed by atoms with Gasteiger partial charge in [-0.15, -0.1) is 0 Å². The number of hydrogen-bond acceptors (Lipinski definition) is 4. The Balaban J connectivity index is 2.81. The van der Waals surface area contributed by atoms with Crippen LogP contribution in [-0.4, -0.2) is 14.9 Å². The van der Waals surface area contributed by atoms with Crippen LogP contribution in [0.4, 0.5) is 5.69 Å². The Morgan fingerprint density at radius 3 is 2.93 bits per heavy atom. The number of nitro groups is 1. The molecular formula is C9H7N3O2. The van der Waals surface area contributed by atoms with Crippen molar-refractivity contribution in [1.82, 2.24) is 9.97 Å². The van der Waals surface area contributed by atoms with E-state index in [0.29, 0.717) is 11.2 Å². The molecule has 0 atom stereocenters. The number of pyridine rings is 2. The first kappa shape index (κ1) is 8.55. The molecule has 0 aliphatic rings. The molecule has 70 valence electrons. The predicted molar refractivity (Wildman–Crippen MR) is 50.9 cm³/mol. The molecule has 0 fully saturated rings. The van der Waals surface area contributed by atoms with E-state index in [1.807, 2.05) is 0 Å². The molecular weight excluding hydrogens is 182 g/mol. The first-order valence-electron chi connectivity index (χ1n) is 4.05. The van der Waals surface area contributed by atoms with Crippen molar-refractivity contribution in [2.24, 2.45) is 0 Å². The summed E-state index contributed by atoms with van der Waals surface area (Å²) < 4.78 is 0. The number of aryl methyl sites for hydroxylation is 1. The Hall–Kier alpha value is -2.04. The van der Waals surface area contributed by atoms with Crippen LogP contribution in [-0.2, 0) is 0 Å². The molecule has 0 unspecified atom stereocenters. The Bertz CT molecular complexity index is 510. The Morgan fingerprint density at radius 1 is 1.43 bits per heavy atom. The van der Waals surface area contributed by atoms with Gasteiger partial charge in [0.25, 0.3) is 5.69 Å². The highest BCUT2D eigenvalue weighted by atomic mass is 16.6. The lowest BCUT2D eigenvalue weighted by Gasteiger charge is -2.00. The van der Waals surface area contributed by atoms with Gasteiger partial charge in [0.15, 0.2) is 5.65 Å². The topological polar surface area (TPSA) is 68.9 Å². The van der Waals surface area contributed by atoms with E-state index in [-0.39, 0.29) is 5.69 Å². The molecule has 14 heavy (non-hydrogen) atoms. The average Bonchev–Trinajstić information content (AvgIpc) is 2.18. The maximum absolute atomic E-state index is 10.6. The van der Waals surface area contributed by atoms with Crippen molar-refractivity contribution in [3.8, 4) is 0 Å². The minimum Gasteiger partial charge on any atom is -0.258 e. The minimum atomic E-state index is -0.436. The van der Waals surface area contributed by atoms with Crippen LogP contribution in [0.5, 0.6) is 0 Å². The lowest BCUT2D eigenvalue weighted by atomic mass is 10.1. The Morgan fingerprint density at radius 2 is 2.21 bits per heavy atom. The molecule has 0 saturated heterocycles. The van der Waals surface area contributed by atoms with Crippen molar-refractivity contribution in [3.05, 3.63) is 40.2 Å². The molecule has 0 spiro atoms. The van der Waals surface area contributed by atoms with Crippen molar-refractivity contribution in [3.63, 3.8) is 0 Å². The van der Waals surface area contributed by atoms with Crippen molar-refractivity contribution >= 4 is 16.7 Å². The van der Waals surface area contributed by atoms with Crippen LogP contribution in [0.15, 0.2) is 24.5 Å². The molecule has 0 aliphatic heterocycles. The number of nitrogens with zero attached hydrogens (tertiary/aromatic N) is 3. The van der Waals surface area contributed by atoms with Gasteiger partial charge in [-0.05, 0) is 19.1 Å². The van der Waals surface area contributed by atoms with E-state index in [1.54, 1.807) is 25.3 Å². The zero-order valence-corrected chi connectivity index (χ0v) is 7.47. The van der Waals surface area contributed by atoms with Crippen LogP contribution >= 0.6 is 0 Å². The summed E-state index contributed by atoms with van der Waals surface area (Å²) in [6, 6.07) is 3.51. The maximum Gasteiger partial charge on any atom is 0.291 e. The first-order valence-corrected chi connectivity index (χ1v) is 4.05. The molecule has 2 heterocycles. The summed E-state index contributed by atoms with van der Waals surface area (Å²) in [5, 5.41) is 11.3. The van der Waals surface area contributed by atoms with Crippen LogP contribution in [0, 0.1) is 17.0 Å². The zero-order chi connectivity index (χ0) is 10.1. The largest absolute Gasteiger partial charge is 0.291 e. The minimum absolute atomic E-state index is 0.0329. The third kappa shape index (κ3) is 1.19. The van der Waals surface area contributed by atoms with Gasteiger partial charge in [0.2, 0.25) is 0 Å². The number of fused-ring (bicyclic) bond motifs is 1. The second-order valence-electron chi connectivity index (χ2n) is 2.90. The molecule has 0 N–H and O–H groups in total. The van der Waals surface area contributed by atoms with Gasteiger partial charge in [0, 0.05) is 17.1 Å². The molecule has 0 aromatic carbocycles. The van der Waals surface area contributed by atoms with Crippen LogP contribution in [0.1, 0.15) is 5.56 Å². The summed E-state index contributed by atoms with van der Waals surface area (Å²) in [6.45, 7) is 1.70. The fraction of sp³-hybridized carbons (Fsp3) is 0.111. The normalized spacial score (nSPS) is 10.4. The average molecular weight is 189 g/mol. The van der Waals surface area contributed by atoms with E-state index < -0.39 is 4.92 Å².